The third-order valence-corrected chi connectivity index (χ3v) is 16.3. The molecular formula is C49H77N3O3S. The Morgan fingerprint density at radius 1 is 0.893 bits per heavy atom. The molecule has 6 atom stereocenters. The van der Waals surface area contributed by atoms with Gasteiger partial charge in [-0.1, -0.05) is 115 Å². The van der Waals surface area contributed by atoms with Gasteiger partial charge in [0.05, 0.1) is 18.5 Å². The molecule has 0 radical (unpaired) electrons. The number of nitrogens with one attached hydrogen (secondary N) is 2. The molecule has 7 heteroatoms. The fourth-order valence-corrected chi connectivity index (χ4v) is 13.9. The van der Waals surface area contributed by atoms with E-state index in [1.807, 2.05) is 6.07 Å². The Bertz CT molecular complexity index is 1410. The van der Waals surface area contributed by atoms with Gasteiger partial charge >= 0.3 is 6.09 Å². The Labute approximate surface area is 345 Å². The minimum atomic E-state index is -0.343. The van der Waals surface area contributed by atoms with E-state index in [0.717, 1.165) is 79.1 Å². The van der Waals surface area contributed by atoms with E-state index in [4.69, 9.17) is 9.47 Å². The molecule has 312 valence electrons. The maximum atomic E-state index is 14.3. The summed E-state index contributed by atoms with van der Waals surface area (Å²) in [5.41, 5.74) is 3.24. The van der Waals surface area contributed by atoms with Crippen LogP contribution < -0.4 is 15.4 Å². The van der Waals surface area contributed by atoms with Gasteiger partial charge in [0, 0.05) is 35.5 Å². The van der Waals surface area contributed by atoms with E-state index < -0.39 is 0 Å². The number of ether oxygens (including phenoxy) is 2. The minimum Gasteiger partial charge on any atom is -0.497 e. The first-order chi connectivity index (χ1) is 27.5. The average molecular weight is 788 g/mol. The third kappa shape index (κ3) is 10.7. The van der Waals surface area contributed by atoms with E-state index in [-0.39, 0.29) is 23.8 Å². The molecule has 3 saturated heterocycles. The van der Waals surface area contributed by atoms with Crippen molar-refractivity contribution in [2.75, 3.05) is 31.3 Å². The number of carbonyl (C=O) groups excluding carboxylic acids is 1. The summed E-state index contributed by atoms with van der Waals surface area (Å²) in [5.74, 6) is 5.41. The van der Waals surface area contributed by atoms with Crippen molar-refractivity contribution in [3.8, 4) is 5.75 Å². The molecule has 6 bridgehead atoms. The van der Waals surface area contributed by atoms with Crippen molar-refractivity contribution < 1.29 is 14.3 Å². The zero-order chi connectivity index (χ0) is 38.7. The summed E-state index contributed by atoms with van der Waals surface area (Å²) in [4.78, 5) is 17.0. The molecule has 1 aromatic rings. The number of anilines is 1. The van der Waals surface area contributed by atoms with Crippen LogP contribution in [0.15, 0.2) is 36.9 Å². The van der Waals surface area contributed by atoms with E-state index >= 15 is 0 Å². The molecule has 6 nitrogen and oxygen atoms in total. The normalized spacial score (nSPS) is 31.6. The van der Waals surface area contributed by atoms with Gasteiger partial charge in [0.15, 0.2) is 0 Å². The topological polar surface area (TPSA) is 62.8 Å². The van der Waals surface area contributed by atoms with Crippen LogP contribution in [-0.2, 0) is 4.74 Å². The Kier molecular flexibility index (Phi) is 15.5. The maximum Gasteiger partial charge on any atom is 0.408 e. The van der Waals surface area contributed by atoms with Crippen molar-refractivity contribution in [3.05, 3.63) is 42.5 Å². The monoisotopic (exact) mass is 788 g/mol. The third-order valence-electron chi connectivity index (χ3n) is 14.9. The summed E-state index contributed by atoms with van der Waals surface area (Å²) in [5, 5.41) is 7.60. The van der Waals surface area contributed by atoms with Crippen LogP contribution in [-0.4, -0.2) is 60.0 Å². The number of benzene rings is 1. The molecule has 4 aliphatic heterocycles. The molecule has 56 heavy (non-hydrogen) atoms. The minimum absolute atomic E-state index is 0.0782. The highest BCUT2D eigenvalue weighted by Gasteiger charge is 2.53. The SMILES string of the molecule is C=C[C@H]1CN2C(SCCCCCCCCCCCCCCCCCC)C[C@H]1C[C@@H]2[C@@H](OC(=O)NC12CC3CC(CC(C3)C1)C2)C1=CCNc2ccc(OC)cc21. The molecular weight excluding hydrogens is 711 g/mol. The van der Waals surface area contributed by atoms with Crippen molar-refractivity contribution in [3.63, 3.8) is 0 Å². The summed E-state index contributed by atoms with van der Waals surface area (Å²) in [6.45, 7) is 8.31. The van der Waals surface area contributed by atoms with Crippen LogP contribution in [0, 0.1) is 29.6 Å². The molecule has 9 rings (SSSR count). The number of unbranched alkanes of at least 4 members (excludes halogenated alkanes) is 15. The lowest BCUT2D eigenvalue weighted by Gasteiger charge is -2.57. The summed E-state index contributed by atoms with van der Waals surface area (Å²) in [7, 11) is 1.73. The second-order valence-corrected chi connectivity index (χ2v) is 20.4. The van der Waals surface area contributed by atoms with Gasteiger partial charge < -0.3 is 20.1 Å². The van der Waals surface area contributed by atoms with Crippen LogP contribution in [0.1, 0.15) is 167 Å². The number of piperidine rings is 3. The summed E-state index contributed by atoms with van der Waals surface area (Å²) in [6, 6.07) is 6.41. The van der Waals surface area contributed by atoms with Crippen LogP contribution in [0.25, 0.3) is 5.57 Å². The lowest BCUT2D eigenvalue weighted by atomic mass is 9.53. The predicted octanol–water partition coefficient (Wildman–Crippen LogP) is 12.8. The van der Waals surface area contributed by atoms with E-state index in [0.29, 0.717) is 17.2 Å². The smallest absolute Gasteiger partial charge is 0.408 e. The molecule has 0 spiro atoms. The van der Waals surface area contributed by atoms with E-state index in [9.17, 15) is 4.79 Å². The van der Waals surface area contributed by atoms with Gasteiger partial charge in [0.2, 0.25) is 0 Å². The molecule has 1 aromatic carbocycles. The Hall–Kier alpha value is -2.12. The lowest BCUT2D eigenvalue weighted by Crippen LogP contribution is -2.63. The maximum absolute atomic E-state index is 14.3. The van der Waals surface area contributed by atoms with Crippen LogP contribution >= 0.6 is 11.8 Å². The lowest BCUT2D eigenvalue weighted by molar-refractivity contribution is -0.0490. The molecule has 1 amide bonds. The summed E-state index contributed by atoms with van der Waals surface area (Å²) < 4.78 is 12.6. The van der Waals surface area contributed by atoms with Gasteiger partial charge in [-0.15, -0.1) is 18.3 Å². The Morgan fingerprint density at radius 2 is 1.50 bits per heavy atom. The molecule has 7 fully saturated rings. The van der Waals surface area contributed by atoms with E-state index in [2.05, 4.69) is 65.1 Å². The zero-order valence-electron chi connectivity index (χ0n) is 35.4. The standard InChI is InChI=1S/C49H77N3O3S/c1-4-6-7-8-9-10-11-12-13-14-15-16-17-18-19-20-25-56-46-30-40-29-45(52(46)35-39(40)5-2)47(42-23-24-50-44-22-21-41(54-3)31-43(42)44)55-48(53)51-49-32-36-26-37(33-49)28-38(27-36)34-49/h5,21-23,31,36-40,45-47,50H,2,4,6-20,24-30,32-35H2,1,3H3,(H,51,53)/t36?,37?,38?,39-,40+,45+,46?,47-,49?/m0/s1. The zero-order valence-corrected chi connectivity index (χ0v) is 36.2. The predicted molar refractivity (Wildman–Crippen MR) is 236 cm³/mol. The fourth-order valence-electron chi connectivity index (χ4n) is 12.4. The van der Waals surface area contributed by atoms with Gasteiger partial charge in [0.25, 0.3) is 0 Å². The van der Waals surface area contributed by atoms with Gasteiger partial charge in [0.1, 0.15) is 11.9 Å². The number of hydrogen-bond acceptors (Lipinski definition) is 6. The Morgan fingerprint density at radius 3 is 2.07 bits per heavy atom. The molecule has 2 N–H and O–H groups in total. The highest BCUT2D eigenvalue weighted by molar-refractivity contribution is 7.99. The Balaban J connectivity index is 0.924. The number of rotatable bonds is 24. The van der Waals surface area contributed by atoms with Crippen molar-refractivity contribution in [2.24, 2.45) is 29.6 Å². The quantitative estimate of drug-likeness (QED) is 0.0804. The number of amides is 1. The second-order valence-electron chi connectivity index (χ2n) is 19.1. The van der Waals surface area contributed by atoms with Crippen LogP contribution in [0.5, 0.6) is 5.75 Å². The molecule has 0 aromatic heterocycles. The van der Waals surface area contributed by atoms with Crippen LogP contribution in [0.3, 0.4) is 0 Å². The van der Waals surface area contributed by atoms with Crippen LogP contribution in [0.4, 0.5) is 10.5 Å². The first-order valence-electron chi connectivity index (χ1n) is 23.6. The molecule has 4 saturated carbocycles. The van der Waals surface area contributed by atoms with Crippen molar-refractivity contribution >= 4 is 29.1 Å². The molecule has 8 aliphatic rings. The van der Waals surface area contributed by atoms with Gasteiger partial charge in [-0.2, -0.15) is 0 Å². The number of thioether (sulfide) groups is 1. The first kappa shape index (κ1) is 42.0. The molecule has 4 aliphatic carbocycles. The number of carbonyl (C=O) groups is 1. The van der Waals surface area contributed by atoms with E-state index in [1.165, 1.54) is 134 Å². The van der Waals surface area contributed by atoms with Crippen molar-refractivity contribution in [2.45, 2.75) is 184 Å². The second kappa shape index (κ2) is 20.7. The van der Waals surface area contributed by atoms with Crippen LogP contribution in [0.2, 0.25) is 0 Å². The number of alkyl carbamates (subject to hydrolysis) is 1. The first-order valence-corrected chi connectivity index (χ1v) is 24.6. The molecule has 2 unspecified atom stereocenters. The number of fused-ring (bicyclic) bond motifs is 4. The van der Waals surface area contributed by atoms with Gasteiger partial charge in [-0.05, 0) is 111 Å². The van der Waals surface area contributed by atoms with Gasteiger partial charge in [-0.25, -0.2) is 4.79 Å². The van der Waals surface area contributed by atoms with E-state index in [1.54, 1.807) is 7.11 Å². The largest absolute Gasteiger partial charge is 0.497 e. The molecule has 4 heterocycles. The van der Waals surface area contributed by atoms with Crippen molar-refractivity contribution in [1.29, 1.82) is 0 Å². The summed E-state index contributed by atoms with van der Waals surface area (Å²) >= 11 is 2.17. The highest BCUT2D eigenvalue weighted by atomic mass is 32.2. The fraction of sp³-hybridized carbons (Fsp3) is 0.776. The number of hydrogen-bond donors (Lipinski definition) is 2. The summed E-state index contributed by atoms with van der Waals surface area (Å²) in [6.07, 6.45) is 36.1. The number of nitrogens with zero attached hydrogens (tertiary/aromatic N) is 1. The highest BCUT2D eigenvalue weighted by Crippen LogP contribution is 2.56. The van der Waals surface area contributed by atoms with Crippen molar-refractivity contribution in [1.82, 2.24) is 10.2 Å². The average Bonchev–Trinajstić information content (AvgIpc) is 3.20. The van der Waals surface area contributed by atoms with Gasteiger partial charge in [-0.3, -0.25) is 4.90 Å². The number of methoxy groups -OCH3 is 1.